The normalized spacial score (nSPS) is 19.8. The van der Waals surface area contributed by atoms with Gasteiger partial charge in [0.1, 0.15) is 6.33 Å². The first-order valence-corrected chi connectivity index (χ1v) is 5.88. The lowest BCUT2D eigenvalue weighted by Gasteiger charge is -2.28. The van der Waals surface area contributed by atoms with E-state index in [4.69, 9.17) is 0 Å². The molecule has 0 radical (unpaired) electrons. The van der Waals surface area contributed by atoms with Crippen molar-refractivity contribution in [2.75, 3.05) is 5.32 Å². The highest BCUT2D eigenvalue weighted by atomic mass is 15.0. The second-order valence-electron chi connectivity index (χ2n) is 4.46. The van der Waals surface area contributed by atoms with Crippen molar-refractivity contribution in [2.24, 2.45) is 5.92 Å². The minimum absolute atomic E-state index is 0.538. The second-order valence-corrected chi connectivity index (χ2v) is 4.46. The molecule has 1 atom stereocenters. The Kier molecular flexibility index (Phi) is 3.54. The molecule has 3 nitrogen and oxygen atoms in total. The van der Waals surface area contributed by atoms with Crippen LogP contribution in [0.3, 0.4) is 0 Å². The van der Waals surface area contributed by atoms with E-state index in [1.807, 2.05) is 12.4 Å². The molecule has 1 aliphatic carbocycles. The minimum atomic E-state index is 0.538. The Morgan fingerprint density at radius 2 is 1.87 bits per heavy atom. The Morgan fingerprint density at radius 1 is 1.20 bits per heavy atom. The summed E-state index contributed by atoms with van der Waals surface area (Å²) in [7, 11) is 0. The van der Waals surface area contributed by atoms with Crippen molar-refractivity contribution in [1.82, 2.24) is 9.97 Å². The van der Waals surface area contributed by atoms with E-state index in [2.05, 4.69) is 22.2 Å². The molecule has 1 heterocycles. The highest BCUT2D eigenvalue weighted by Gasteiger charge is 2.19. The van der Waals surface area contributed by atoms with Gasteiger partial charge in [-0.05, 0) is 25.7 Å². The van der Waals surface area contributed by atoms with Crippen molar-refractivity contribution in [2.45, 2.75) is 45.1 Å². The largest absolute Gasteiger partial charge is 0.380 e. The molecule has 15 heavy (non-hydrogen) atoms. The quantitative estimate of drug-likeness (QED) is 0.824. The van der Waals surface area contributed by atoms with Gasteiger partial charge in [0.05, 0.1) is 18.1 Å². The summed E-state index contributed by atoms with van der Waals surface area (Å²) in [6.45, 7) is 2.27. The Hall–Kier alpha value is -1.12. The van der Waals surface area contributed by atoms with Crippen molar-refractivity contribution in [3.05, 3.63) is 18.7 Å². The Bertz CT molecular complexity index is 280. The van der Waals surface area contributed by atoms with Crippen LogP contribution in [0.5, 0.6) is 0 Å². The first-order valence-electron chi connectivity index (χ1n) is 5.88. The highest BCUT2D eigenvalue weighted by molar-refractivity contribution is 5.38. The third-order valence-electron chi connectivity index (χ3n) is 3.31. The number of hydrogen-bond acceptors (Lipinski definition) is 3. The lowest BCUT2D eigenvalue weighted by molar-refractivity contribution is 0.328. The van der Waals surface area contributed by atoms with E-state index in [1.54, 1.807) is 6.33 Å². The first kappa shape index (κ1) is 10.4. The van der Waals surface area contributed by atoms with Crippen LogP contribution < -0.4 is 5.32 Å². The summed E-state index contributed by atoms with van der Waals surface area (Å²) in [6, 6.07) is 0.538. The summed E-state index contributed by atoms with van der Waals surface area (Å²) in [5, 5.41) is 3.49. The zero-order valence-corrected chi connectivity index (χ0v) is 9.32. The van der Waals surface area contributed by atoms with E-state index in [0.717, 1.165) is 11.6 Å². The van der Waals surface area contributed by atoms with Gasteiger partial charge in [0.25, 0.3) is 0 Å². The average Bonchev–Trinajstić information content (AvgIpc) is 2.31. The molecule has 82 valence electrons. The standard InChI is InChI=1S/C12H19N3/c1-10(11-5-3-2-4-6-11)15-12-7-13-9-14-8-12/h7-11,15H,2-6H2,1H3. The van der Waals surface area contributed by atoms with Crippen LogP contribution in [0.25, 0.3) is 0 Å². The summed E-state index contributed by atoms with van der Waals surface area (Å²) in [5.74, 6) is 0.818. The van der Waals surface area contributed by atoms with Crippen LogP contribution in [0, 0.1) is 5.92 Å². The molecule has 1 unspecified atom stereocenters. The predicted octanol–water partition coefficient (Wildman–Crippen LogP) is 2.86. The maximum atomic E-state index is 4.01. The molecule has 2 rings (SSSR count). The molecule has 1 aromatic rings. The van der Waals surface area contributed by atoms with Crippen LogP contribution in [0.2, 0.25) is 0 Å². The van der Waals surface area contributed by atoms with E-state index >= 15 is 0 Å². The maximum Gasteiger partial charge on any atom is 0.115 e. The van der Waals surface area contributed by atoms with Crippen LogP contribution in [-0.2, 0) is 0 Å². The van der Waals surface area contributed by atoms with Crippen LogP contribution >= 0.6 is 0 Å². The number of anilines is 1. The number of nitrogens with zero attached hydrogens (tertiary/aromatic N) is 2. The van der Waals surface area contributed by atoms with Crippen LogP contribution in [0.1, 0.15) is 39.0 Å². The summed E-state index contributed by atoms with van der Waals surface area (Å²) in [4.78, 5) is 8.02. The Balaban J connectivity index is 1.88. The van der Waals surface area contributed by atoms with Crippen LogP contribution in [0.15, 0.2) is 18.7 Å². The van der Waals surface area contributed by atoms with E-state index in [9.17, 15) is 0 Å². The lowest BCUT2D eigenvalue weighted by Crippen LogP contribution is -2.27. The molecule has 0 spiro atoms. The van der Waals surface area contributed by atoms with Crippen LogP contribution in [-0.4, -0.2) is 16.0 Å². The molecule has 1 aromatic heterocycles. The third-order valence-corrected chi connectivity index (χ3v) is 3.31. The molecule has 0 aliphatic heterocycles. The van der Waals surface area contributed by atoms with Crippen molar-refractivity contribution < 1.29 is 0 Å². The van der Waals surface area contributed by atoms with Crippen molar-refractivity contribution in [1.29, 1.82) is 0 Å². The molecule has 0 aromatic carbocycles. The first-order chi connectivity index (χ1) is 7.36. The van der Waals surface area contributed by atoms with Gasteiger partial charge in [0.2, 0.25) is 0 Å². The minimum Gasteiger partial charge on any atom is -0.380 e. The van der Waals surface area contributed by atoms with E-state index in [1.165, 1.54) is 32.1 Å². The molecule has 1 aliphatic rings. The second kappa shape index (κ2) is 5.10. The van der Waals surface area contributed by atoms with Gasteiger partial charge in [-0.15, -0.1) is 0 Å². The molecule has 1 N–H and O–H groups in total. The third kappa shape index (κ3) is 2.91. The topological polar surface area (TPSA) is 37.8 Å². The van der Waals surface area contributed by atoms with Gasteiger partial charge in [-0.2, -0.15) is 0 Å². The number of hydrogen-bond donors (Lipinski definition) is 1. The summed E-state index contributed by atoms with van der Waals surface area (Å²) in [5.41, 5.74) is 1.04. The highest BCUT2D eigenvalue weighted by Crippen LogP contribution is 2.27. The van der Waals surface area contributed by atoms with Crippen molar-refractivity contribution in [3.63, 3.8) is 0 Å². The lowest BCUT2D eigenvalue weighted by atomic mass is 9.84. The van der Waals surface area contributed by atoms with Crippen molar-refractivity contribution >= 4 is 5.69 Å². The molecular weight excluding hydrogens is 186 g/mol. The van der Waals surface area contributed by atoms with Gasteiger partial charge in [0, 0.05) is 6.04 Å². The summed E-state index contributed by atoms with van der Waals surface area (Å²) in [6.07, 6.45) is 12.2. The monoisotopic (exact) mass is 205 g/mol. The zero-order valence-electron chi connectivity index (χ0n) is 9.32. The maximum absolute atomic E-state index is 4.01. The van der Waals surface area contributed by atoms with E-state index in [0.29, 0.717) is 6.04 Å². The number of aromatic nitrogens is 2. The van der Waals surface area contributed by atoms with Crippen molar-refractivity contribution in [3.8, 4) is 0 Å². The molecule has 0 bridgehead atoms. The number of nitrogens with one attached hydrogen (secondary N) is 1. The van der Waals surface area contributed by atoms with Gasteiger partial charge in [-0.3, -0.25) is 0 Å². The molecule has 0 amide bonds. The molecule has 1 saturated carbocycles. The summed E-state index contributed by atoms with van der Waals surface area (Å²) < 4.78 is 0. The molecular formula is C12H19N3. The van der Waals surface area contributed by atoms with Gasteiger partial charge < -0.3 is 5.32 Å². The SMILES string of the molecule is CC(Nc1cncnc1)C1CCCCC1. The fraction of sp³-hybridized carbons (Fsp3) is 0.667. The average molecular weight is 205 g/mol. The predicted molar refractivity (Wildman–Crippen MR) is 61.7 cm³/mol. The molecule has 3 heteroatoms. The van der Waals surface area contributed by atoms with Gasteiger partial charge in [-0.1, -0.05) is 19.3 Å². The molecule has 0 saturated heterocycles. The number of rotatable bonds is 3. The fourth-order valence-electron chi connectivity index (χ4n) is 2.39. The summed E-state index contributed by atoms with van der Waals surface area (Å²) >= 11 is 0. The molecule has 1 fully saturated rings. The van der Waals surface area contributed by atoms with E-state index < -0.39 is 0 Å². The van der Waals surface area contributed by atoms with Crippen LogP contribution in [0.4, 0.5) is 5.69 Å². The van der Waals surface area contributed by atoms with Gasteiger partial charge in [0.15, 0.2) is 0 Å². The van der Waals surface area contributed by atoms with E-state index in [-0.39, 0.29) is 0 Å². The van der Waals surface area contributed by atoms with Gasteiger partial charge >= 0.3 is 0 Å². The fourth-order valence-corrected chi connectivity index (χ4v) is 2.39. The Labute approximate surface area is 91.3 Å². The Morgan fingerprint density at radius 3 is 2.53 bits per heavy atom. The zero-order chi connectivity index (χ0) is 10.5. The smallest absolute Gasteiger partial charge is 0.115 e. The van der Waals surface area contributed by atoms with Gasteiger partial charge in [-0.25, -0.2) is 9.97 Å².